The molecule has 8 heteroatoms. The lowest BCUT2D eigenvalue weighted by molar-refractivity contribution is -0.120. The van der Waals surface area contributed by atoms with Gasteiger partial charge in [0.05, 0.1) is 22.9 Å². The minimum Gasteiger partial charge on any atom is -0.478 e. The van der Waals surface area contributed by atoms with Crippen molar-refractivity contribution in [3.63, 3.8) is 0 Å². The molecule has 7 nitrogen and oxygen atoms in total. The van der Waals surface area contributed by atoms with Gasteiger partial charge in [-0.25, -0.2) is 10.2 Å². The van der Waals surface area contributed by atoms with Crippen LogP contribution < -0.4 is 5.43 Å². The fourth-order valence-corrected chi connectivity index (χ4v) is 2.67. The number of nitriles is 1. The van der Waals surface area contributed by atoms with Gasteiger partial charge in [0, 0.05) is 22.6 Å². The molecule has 25 heavy (non-hydrogen) atoms. The van der Waals surface area contributed by atoms with Gasteiger partial charge in [0.1, 0.15) is 6.42 Å². The number of carbonyl (C=O) groups is 2. The van der Waals surface area contributed by atoms with E-state index in [2.05, 4.69) is 10.5 Å². The summed E-state index contributed by atoms with van der Waals surface area (Å²) in [7, 11) is 0. The zero-order valence-electron chi connectivity index (χ0n) is 13.6. The highest BCUT2D eigenvalue weighted by atomic mass is 35.5. The van der Waals surface area contributed by atoms with Gasteiger partial charge < -0.3 is 9.67 Å². The minimum atomic E-state index is -1.08. The molecule has 0 atom stereocenters. The summed E-state index contributed by atoms with van der Waals surface area (Å²) in [6.45, 7) is 3.75. The SMILES string of the molecule is Cc1cc(/C=N\NC(=O)CC#N)c(C)n1-c1ccc(C(=O)O)c(Cl)c1. The van der Waals surface area contributed by atoms with Gasteiger partial charge in [-0.05, 0) is 38.1 Å². The smallest absolute Gasteiger partial charge is 0.337 e. The molecule has 0 aliphatic rings. The first kappa shape index (κ1) is 18.2. The number of rotatable bonds is 5. The maximum atomic E-state index is 11.2. The van der Waals surface area contributed by atoms with Crippen LogP contribution >= 0.6 is 11.6 Å². The van der Waals surface area contributed by atoms with E-state index in [1.54, 1.807) is 18.2 Å². The van der Waals surface area contributed by atoms with Crippen molar-refractivity contribution >= 4 is 29.7 Å². The summed E-state index contributed by atoms with van der Waals surface area (Å²) in [5, 5.41) is 21.5. The van der Waals surface area contributed by atoms with Gasteiger partial charge in [-0.3, -0.25) is 4.79 Å². The van der Waals surface area contributed by atoms with Crippen molar-refractivity contribution in [3.05, 3.63) is 51.8 Å². The van der Waals surface area contributed by atoms with E-state index < -0.39 is 11.9 Å². The Kier molecular flexibility index (Phi) is 5.57. The average Bonchev–Trinajstić information content (AvgIpc) is 2.81. The first-order valence-corrected chi connectivity index (χ1v) is 7.64. The number of hydrogen-bond acceptors (Lipinski definition) is 4. The number of hydrogen-bond donors (Lipinski definition) is 2. The van der Waals surface area contributed by atoms with E-state index in [9.17, 15) is 9.59 Å². The fraction of sp³-hybridized carbons (Fsp3) is 0.176. The summed E-state index contributed by atoms with van der Waals surface area (Å²) in [4.78, 5) is 22.3. The predicted octanol–water partition coefficient (Wildman–Crippen LogP) is 2.81. The first-order valence-electron chi connectivity index (χ1n) is 7.26. The number of nitrogens with one attached hydrogen (secondary N) is 1. The molecule has 1 aromatic heterocycles. The normalized spacial score (nSPS) is 10.6. The summed E-state index contributed by atoms with van der Waals surface area (Å²) < 4.78 is 1.90. The minimum absolute atomic E-state index is 0.0369. The monoisotopic (exact) mass is 358 g/mol. The molecule has 128 valence electrons. The lowest BCUT2D eigenvalue weighted by atomic mass is 10.2. The number of carbonyl (C=O) groups excluding carboxylic acids is 1. The zero-order valence-corrected chi connectivity index (χ0v) is 14.3. The number of benzene rings is 1. The lowest BCUT2D eigenvalue weighted by Gasteiger charge is -2.11. The van der Waals surface area contributed by atoms with Crippen molar-refractivity contribution in [2.45, 2.75) is 20.3 Å². The number of carboxylic acids is 1. The largest absolute Gasteiger partial charge is 0.478 e. The van der Waals surface area contributed by atoms with Gasteiger partial charge in [0.25, 0.3) is 5.91 Å². The number of carboxylic acid groups (broad SMARTS) is 1. The number of aryl methyl sites for hydroxylation is 1. The van der Waals surface area contributed by atoms with Gasteiger partial charge in [-0.1, -0.05) is 11.6 Å². The van der Waals surface area contributed by atoms with Crippen LogP contribution in [0.3, 0.4) is 0 Å². The molecule has 0 unspecified atom stereocenters. The molecule has 2 aromatic rings. The average molecular weight is 359 g/mol. The summed E-state index contributed by atoms with van der Waals surface area (Å²) in [6.07, 6.45) is 1.23. The number of aromatic nitrogens is 1. The van der Waals surface area contributed by atoms with Crippen LogP contribution in [0.4, 0.5) is 0 Å². The molecular weight excluding hydrogens is 344 g/mol. The number of halogens is 1. The van der Waals surface area contributed by atoms with Crippen LogP contribution in [0.2, 0.25) is 5.02 Å². The van der Waals surface area contributed by atoms with Crippen molar-refractivity contribution in [1.29, 1.82) is 5.26 Å². The van der Waals surface area contributed by atoms with E-state index >= 15 is 0 Å². The Morgan fingerprint density at radius 1 is 1.40 bits per heavy atom. The van der Waals surface area contributed by atoms with E-state index in [0.29, 0.717) is 0 Å². The van der Waals surface area contributed by atoms with Gasteiger partial charge in [0.2, 0.25) is 0 Å². The third kappa shape index (κ3) is 4.05. The highest BCUT2D eigenvalue weighted by Crippen LogP contribution is 2.24. The van der Waals surface area contributed by atoms with Crippen molar-refractivity contribution in [1.82, 2.24) is 9.99 Å². The van der Waals surface area contributed by atoms with Gasteiger partial charge in [-0.2, -0.15) is 10.4 Å². The summed E-state index contributed by atoms with van der Waals surface area (Å²) >= 11 is 6.04. The molecule has 1 heterocycles. The second-order valence-electron chi connectivity index (χ2n) is 5.26. The molecule has 0 aliphatic carbocycles. The molecule has 0 fully saturated rings. The van der Waals surface area contributed by atoms with E-state index in [1.165, 1.54) is 12.3 Å². The van der Waals surface area contributed by atoms with E-state index in [1.807, 2.05) is 24.5 Å². The number of amides is 1. The Morgan fingerprint density at radius 2 is 2.12 bits per heavy atom. The quantitative estimate of drug-likeness (QED) is 0.632. The summed E-state index contributed by atoms with van der Waals surface area (Å²) in [5.74, 6) is -1.57. The molecule has 0 bridgehead atoms. The Balaban J connectivity index is 2.32. The van der Waals surface area contributed by atoms with Gasteiger partial charge in [0.15, 0.2) is 0 Å². The Bertz CT molecular complexity index is 909. The van der Waals surface area contributed by atoms with Crippen LogP contribution in [-0.2, 0) is 4.79 Å². The topological polar surface area (TPSA) is 107 Å². The van der Waals surface area contributed by atoms with Crippen LogP contribution in [0.25, 0.3) is 5.69 Å². The van der Waals surface area contributed by atoms with Crippen molar-refractivity contribution in [2.75, 3.05) is 0 Å². The van der Waals surface area contributed by atoms with Crippen molar-refractivity contribution in [2.24, 2.45) is 5.10 Å². The van der Waals surface area contributed by atoms with Crippen LogP contribution in [0.1, 0.15) is 33.7 Å². The fourth-order valence-electron chi connectivity index (χ4n) is 2.42. The van der Waals surface area contributed by atoms with Crippen LogP contribution in [0.5, 0.6) is 0 Å². The molecule has 2 N–H and O–H groups in total. The molecule has 0 saturated carbocycles. The number of aromatic carboxylic acids is 1. The molecule has 0 saturated heterocycles. The maximum Gasteiger partial charge on any atom is 0.337 e. The highest BCUT2D eigenvalue weighted by Gasteiger charge is 2.13. The molecule has 0 spiro atoms. The third-order valence-electron chi connectivity index (χ3n) is 3.54. The Morgan fingerprint density at radius 3 is 2.72 bits per heavy atom. The van der Waals surface area contributed by atoms with E-state index in [-0.39, 0.29) is 17.0 Å². The van der Waals surface area contributed by atoms with Crippen LogP contribution in [-0.4, -0.2) is 27.8 Å². The molecular formula is C17H15ClN4O3. The van der Waals surface area contributed by atoms with Gasteiger partial charge in [-0.15, -0.1) is 0 Å². The van der Waals surface area contributed by atoms with Crippen LogP contribution in [0, 0.1) is 25.2 Å². The Hall–Kier alpha value is -3.11. The lowest BCUT2D eigenvalue weighted by Crippen LogP contribution is -2.16. The van der Waals surface area contributed by atoms with E-state index in [4.69, 9.17) is 22.0 Å². The van der Waals surface area contributed by atoms with Crippen LogP contribution in [0.15, 0.2) is 29.4 Å². The molecule has 0 radical (unpaired) electrons. The van der Waals surface area contributed by atoms with Crippen molar-refractivity contribution in [3.8, 4) is 11.8 Å². The number of hydrazone groups is 1. The molecule has 2 rings (SSSR count). The second kappa shape index (κ2) is 7.64. The van der Waals surface area contributed by atoms with Gasteiger partial charge >= 0.3 is 5.97 Å². The highest BCUT2D eigenvalue weighted by molar-refractivity contribution is 6.33. The Labute approximate surface area is 149 Å². The first-order chi connectivity index (χ1) is 11.8. The summed E-state index contributed by atoms with van der Waals surface area (Å²) in [5.41, 5.74) is 5.53. The summed E-state index contributed by atoms with van der Waals surface area (Å²) in [6, 6.07) is 8.31. The van der Waals surface area contributed by atoms with Crippen molar-refractivity contribution < 1.29 is 14.7 Å². The number of nitrogens with zero attached hydrogens (tertiary/aromatic N) is 3. The standard InChI is InChI=1S/C17H15ClN4O3/c1-10-7-12(9-20-21-16(23)5-6-19)11(2)22(10)13-3-4-14(17(24)25)15(18)8-13/h3-4,7-9H,5H2,1-2H3,(H,21,23)(H,24,25)/b20-9-. The predicted molar refractivity (Wildman–Crippen MR) is 93.2 cm³/mol. The molecule has 1 aromatic carbocycles. The maximum absolute atomic E-state index is 11.2. The zero-order chi connectivity index (χ0) is 18.6. The molecule has 0 aliphatic heterocycles. The second-order valence-corrected chi connectivity index (χ2v) is 5.67. The van der Waals surface area contributed by atoms with E-state index in [0.717, 1.165) is 22.6 Å². The third-order valence-corrected chi connectivity index (χ3v) is 3.86. The molecule has 1 amide bonds.